The SMILES string of the molecule is CCC(C)(C)C(F)(F)F.CCCC1CCC(C)C(C)O1. The van der Waals surface area contributed by atoms with Crippen LogP contribution in [0.1, 0.15) is 73.6 Å². The number of rotatable bonds is 3. The topological polar surface area (TPSA) is 9.23 Å². The molecule has 1 nitrogen and oxygen atoms in total. The monoisotopic (exact) mass is 296 g/mol. The molecular formula is C16H31F3O. The van der Waals surface area contributed by atoms with Crippen LogP contribution < -0.4 is 0 Å². The van der Waals surface area contributed by atoms with Gasteiger partial charge < -0.3 is 4.74 Å². The molecule has 1 aliphatic rings. The van der Waals surface area contributed by atoms with Gasteiger partial charge in [0.25, 0.3) is 0 Å². The number of halogens is 3. The van der Waals surface area contributed by atoms with E-state index < -0.39 is 11.6 Å². The van der Waals surface area contributed by atoms with E-state index in [0.717, 1.165) is 5.92 Å². The van der Waals surface area contributed by atoms with Crippen molar-refractivity contribution in [3.8, 4) is 0 Å². The van der Waals surface area contributed by atoms with E-state index >= 15 is 0 Å². The first-order valence-corrected chi connectivity index (χ1v) is 7.77. The Kier molecular flexibility index (Phi) is 8.15. The number of hydrogen-bond acceptors (Lipinski definition) is 1. The average Bonchev–Trinajstić information content (AvgIpc) is 2.34. The Morgan fingerprint density at radius 2 is 1.60 bits per heavy atom. The maximum Gasteiger partial charge on any atom is 0.393 e. The second-order valence-corrected chi connectivity index (χ2v) is 6.54. The van der Waals surface area contributed by atoms with E-state index in [2.05, 4.69) is 20.8 Å². The molecule has 0 N–H and O–H groups in total. The lowest BCUT2D eigenvalue weighted by atomic mass is 9.90. The Labute approximate surface area is 122 Å². The molecule has 1 aliphatic heterocycles. The number of hydrogen-bond donors (Lipinski definition) is 0. The molecule has 0 aromatic heterocycles. The average molecular weight is 296 g/mol. The molecule has 0 aromatic carbocycles. The highest BCUT2D eigenvalue weighted by atomic mass is 19.4. The molecule has 1 rings (SSSR count). The molecule has 3 unspecified atom stereocenters. The third-order valence-electron chi connectivity index (χ3n) is 4.41. The van der Waals surface area contributed by atoms with E-state index in [1.807, 2.05) is 0 Å². The van der Waals surface area contributed by atoms with E-state index in [0.29, 0.717) is 12.2 Å². The highest BCUT2D eigenvalue weighted by Gasteiger charge is 2.45. The van der Waals surface area contributed by atoms with Crippen molar-refractivity contribution >= 4 is 0 Å². The van der Waals surface area contributed by atoms with Gasteiger partial charge in [0.05, 0.1) is 17.6 Å². The third-order valence-corrected chi connectivity index (χ3v) is 4.41. The summed E-state index contributed by atoms with van der Waals surface area (Å²) < 4.78 is 41.3. The van der Waals surface area contributed by atoms with Crippen molar-refractivity contribution in [1.29, 1.82) is 0 Å². The van der Waals surface area contributed by atoms with Crippen LogP contribution in [0.4, 0.5) is 13.2 Å². The predicted molar refractivity (Wildman–Crippen MR) is 77.8 cm³/mol. The second kappa shape index (κ2) is 8.26. The van der Waals surface area contributed by atoms with Crippen molar-refractivity contribution in [1.82, 2.24) is 0 Å². The van der Waals surface area contributed by atoms with Crippen LogP contribution >= 0.6 is 0 Å². The molecule has 3 atom stereocenters. The van der Waals surface area contributed by atoms with Gasteiger partial charge >= 0.3 is 6.18 Å². The molecule has 0 amide bonds. The molecule has 0 saturated carbocycles. The summed E-state index contributed by atoms with van der Waals surface area (Å²) in [4.78, 5) is 0. The van der Waals surface area contributed by atoms with Gasteiger partial charge in [-0.05, 0) is 38.5 Å². The van der Waals surface area contributed by atoms with Crippen LogP contribution in [0.5, 0.6) is 0 Å². The Bertz CT molecular complexity index is 261. The summed E-state index contributed by atoms with van der Waals surface area (Å²) in [6.07, 6.45) is 2.26. The Hall–Kier alpha value is -0.250. The molecule has 4 heteroatoms. The van der Waals surface area contributed by atoms with Gasteiger partial charge in [0, 0.05) is 0 Å². The Morgan fingerprint density at radius 3 is 1.90 bits per heavy atom. The molecule has 0 aliphatic carbocycles. The van der Waals surface area contributed by atoms with Gasteiger partial charge in [-0.25, -0.2) is 0 Å². The standard InChI is InChI=1S/C10H20O.C6H11F3/c1-4-5-10-7-6-8(2)9(3)11-10;1-4-5(2,3)6(7,8)9/h8-10H,4-7H2,1-3H3;4H2,1-3H3. The first-order valence-electron chi connectivity index (χ1n) is 7.77. The van der Waals surface area contributed by atoms with Crippen molar-refractivity contribution in [3.05, 3.63) is 0 Å². The van der Waals surface area contributed by atoms with Crippen LogP contribution in [0, 0.1) is 11.3 Å². The molecule has 122 valence electrons. The van der Waals surface area contributed by atoms with E-state index in [1.54, 1.807) is 0 Å². The molecule has 0 spiro atoms. The predicted octanol–water partition coefficient (Wildman–Crippen LogP) is 5.98. The second-order valence-electron chi connectivity index (χ2n) is 6.54. The first-order chi connectivity index (χ1) is 9.05. The lowest BCUT2D eigenvalue weighted by Gasteiger charge is -2.32. The summed E-state index contributed by atoms with van der Waals surface area (Å²) in [6.45, 7) is 10.7. The number of ether oxygens (including phenoxy) is 1. The van der Waals surface area contributed by atoms with Crippen molar-refractivity contribution in [3.63, 3.8) is 0 Å². The van der Waals surface area contributed by atoms with Gasteiger partial charge in [-0.1, -0.05) is 41.0 Å². The highest BCUT2D eigenvalue weighted by molar-refractivity contribution is 4.74. The minimum absolute atomic E-state index is 0.135. The van der Waals surface area contributed by atoms with Gasteiger partial charge in [0.15, 0.2) is 0 Å². The van der Waals surface area contributed by atoms with Gasteiger partial charge in [-0.2, -0.15) is 13.2 Å². The van der Waals surface area contributed by atoms with Crippen LogP contribution in [-0.4, -0.2) is 18.4 Å². The minimum atomic E-state index is -4.05. The van der Waals surface area contributed by atoms with Crippen molar-refractivity contribution in [2.45, 2.75) is 92.0 Å². The molecular weight excluding hydrogens is 265 g/mol. The van der Waals surface area contributed by atoms with Crippen LogP contribution in [-0.2, 0) is 4.74 Å². The largest absolute Gasteiger partial charge is 0.393 e. The van der Waals surface area contributed by atoms with Crippen molar-refractivity contribution in [2.75, 3.05) is 0 Å². The summed E-state index contributed by atoms with van der Waals surface area (Å²) in [5, 5.41) is 0. The Morgan fingerprint density at radius 1 is 1.05 bits per heavy atom. The minimum Gasteiger partial charge on any atom is -0.375 e. The fourth-order valence-corrected chi connectivity index (χ4v) is 1.92. The fourth-order valence-electron chi connectivity index (χ4n) is 1.92. The zero-order chi connectivity index (χ0) is 16.0. The summed E-state index contributed by atoms with van der Waals surface area (Å²) in [5.74, 6) is 0.767. The van der Waals surface area contributed by atoms with E-state index in [9.17, 15) is 13.2 Å². The molecule has 0 bridgehead atoms. The van der Waals surface area contributed by atoms with Crippen molar-refractivity contribution in [2.24, 2.45) is 11.3 Å². The lowest BCUT2D eigenvalue weighted by Crippen LogP contribution is -2.31. The van der Waals surface area contributed by atoms with E-state index in [-0.39, 0.29) is 6.42 Å². The van der Waals surface area contributed by atoms with Gasteiger partial charge in [-0.15, -0.1) is 0 Å². The molecule has 1 fully saturated rings. The normalized spacial score (nSPS) is 27.8. The van der Waals surface area contributed by atoms with Crippen molar-refractivity contribution < 1.29 is 17.9 Å². The fraction of sp³-hybridized carbons (Fsp3) is 1.00. The zero-order valence-corrected chi connectivity index (χ0v) is 13.8. The summed E-state index contributed by atoms with van der Waals surface area (Å²) in [5.41, 5.74) is -1.52. The van der Waals surface area contributed by atoms with Crippen LogP contribution in [0.15, 0.2) is 0 Å². The molecule has 1 heterocycles. The first kappa shape index (κ1) is 19.8. The summed E-state index contributed by atoms with van der Waals surface area (Å²) in [6, 6.07) is 0. The van der Waals surface area contributed by atoms with Gasteiger partial charge in [0.2, 0.25) is 0 Å². The summed E-state index contributed by atoms with van der Waals surface area (Å²) in [7, 11) is 0. The Balaban J connectivity index is 0.000000370. The van der Waals surface area contributed by atoms with Gasteiger partial charge in [0.1, 0.15) is 0 Å². The maximum atomic E-state index is 11.8. The van der Waals surface area contributed by atoms with Crippen LogP contribution in [0.3, 0.4) is 0 Å². The molecule has 20 heavy (non-hydrogen) atoms. The zero-order valence-electron chi connectivity index (χ0n) is 13.8. The molecule has 0 aromatic rings. The quantitative estimate of drug-likeness (QED) is 0.623. The highest BCUT2D eigenvalue weighted by Crippen LogP contribution is 2.39. The smallest absolute Gasteiger partial charge is 0.375 e. The van der Waals surface area contributed by atoms with Crippen LogP contribution in [0.2, 0.25) is 0 Å². The van der Waals surface area contributed by atoms with Gasteiger partial charge in [-0.3, -0.25) is 0 Å². The molecule has 0 radical (unpaired) electrons. The molecule has 1 saturated heterocycles. The van der Waals surface area contributed by atoms with E-state index in [4.69, 9.17) is 4.74 Å². The number of alkyl halides is 3. The summed E-state index contributed by atoms with van der Waals surface area (Å²) >= 11 is 0. The van der Waals surface area contributed by atoms with E-state index in [1.165, 1.54) is 46.5 Å². The lowest BCUT2D eigenvalue weighted by molar-refractivity contribution is -0.212. The maximum absolute atomic E-state index is 11.8. The third kappa shape index (κ3) is 6.47. The van der Waals surface area contributed by atoms with Crippen LogP contribution in [0.25, 0.3) is 0 Å².